The second-order valence-corrected chi connectivity index (χ2v) is 3.97. The van der Waals surface area contributed by atoms with E-state index in [1.54, 1.807) is 5.51 Å². The van der Waals surface area contributed by atoms with Crippen molar-refractivity contribution >= 4 is 28.8 Å². The van der Waals surface area contributed by atoms with E-state index in [4.69, 9.17) is 11.6 Å². The molecular weight excluding hydrogens is 208 g/mol. The van der Waals surface area contributed by atoms with Gasteiger partial charge in [0.1, 0.15) is 4.88 Å². The number of carbonyl (C=O) groups excluding carboxylic acids is 1. The molecule has 1 N–H and O–H groups in total. The summed E-state index contributed by atoms with van der Waals surface area (Å²) in [5.74, 6) is -0.137. The first-order valence-electron chi connectivity index (χ1n) is 4.05. The largest absolute Gasteiger partial charge is 0.349 e. The summed E-state index contributed by atoms with van der Waals surface area (Å²) in [5, 5.41) is 3.10. The first-order valence-corrected chi connectivity index (χ1v) is 5.30. The number of halogens is 1. The van der Waals surface area contributed by atoms with Crippen molar-refractivity contribution in [2.45, 2.75) is 26.3 Å². The molecule has 1 aromatic heterocycles. The van der Waals surface area contributed by atoms with Crippen molar-refractivity contribution < 1.29 is 4.79 Å². The Kier molecular flexibility index (Phi) is 3.69. The van der Waals surface area contributed by atoms with Crippen molar-refractivity contribution in [3.8, 4) is 0 Å². The first kappa shape index (κ1) is 10.5. The molecule has 0 saturated heterocycles. The molecule has 1 aromatic rings. The van der Waals surface area contributed by atoms with Gasteiger partial charge in [0.2, 0.25) is 0 Å². The van der Waals surface area contributed by atoms with Crippen LogP contribution in [0.5, 0.6) is 0 Å². The Labute approximate surface area is 86.1 Å². The normalized spacial score (nSPS) is 12.5. The molecule has 1 rings (SSSR count). The second kappa shape index (κ2) is 4.58. The van der Waals surface area contributed by atoms with Crippen LogP contribution >= 0.6 is 22.9 Å². The fraction of sp³-hybridized carbons (Fsp3) is 0.500. The van der Waals surface area contributed by atoms with Crippen LogP contribution in [0.2, 0.25) is 5.15 Å². The van der Waals surface area contributed by atoms with E-state index in [2.05, 4.69) is 10.3 Å². The molecule has 1 amide bonds. The van der Waals surface area contributed by atoms with Gasteiger partial charge in [0, 0.05) is 6.04 Å². The Hall–Kier alpha value is -0.610. The van der Waals surface area contributed by atoms with Gasteiger partial charge in [-0.3, -0.25) is 4.79 Å². The lowest BCUT2D eigenvalue weighted by Crippen LogP contribution is -2.31. The van der Waals surface area contributed by atoms with Crippen LogP contribution in [0.3, 0.4) is 0 Å². The number of carbonyl (C=O) groups is 1. The van der Waals surface area contributed by atoms with Gasteiger partial charge in [-0.25, -0.2) is 4.98 Å². The zero-order valence-corrected chi connectivity index (χ0v) is 9.08. The molecule has 1 heterocycles. The molecule has 1 unspecified atom stereocenters. The summed E-state index contributed by atoms with van der Waals surface area (Å²) in [6.45, 7) is 3.96. The number of hydrogen-bond donors (Lipinski definition) is 1. The fourth-order valence-electron chi connectivity index (χ4n) is 0.771. The number of aromatic nitrogens is 1. The van der Waals surface area contributed by atoms with Gasteiger partial charge >= 0.3 is 0 Å². The molecule has 5 heteroatoms. The van der Waals surface area contributed by atoms with Crippen LogP contribution in [0.25, 0.3) is 0 Å². The average Bonchev–Trinajstić information content (AvgIpc) is 2.51. The maximum atomic E-state index is 11.5. The van der Waals surface area contributed by atoms with Crippen molar-refractivity contribution in [2.75, 3.05) is 0 Å². The molecule has 72 valence electrons. The lowest BCUT2D eigenvalue weighted by atomic mass is 10.2. The molecule has 0 aliphatic heterocycles. The number of nitrogens with zero attached hydrogens (tertiary/aromatic N) is 1. The van der Waals surface area contributed by atoms with E-state index in [9.17, 15) is 4.79 Å². The van der Waals surface area contributed by atoms with Gasteiger partial charge in [-0.15, -0.1) is 11.3 Å². The molecule has 3 nitrogen and oxygen atoms in total. The summed E-state index contributed by atoms with van der Waals surface area (Å²) in [5.41, 5.74) is 1.56. The van der Waals surface area contributed by atoms with Crippen LogP contribution in [-0.2, 0) is 0 Å². The predicted octanol–water partition coefficient (Wildman–Crippen LogP) is 2.32. The van der Waals surface area contributed by atoms with Gasteiger partial charge in [-0.05, 0) is 13.3 Å². The molecule has 0 aliphatic carbocycles. The SMILES string of the molecule is CCC(C)NC(=O)c1scnc1Cl. The molecule has 0 aromatic carbocycles. The maximum Gasteiger partial charge on any atom is 0.264 e. The van der Waals surface area contributed by atoms with Gasteiger partial charge in [-0.2, -0.15) is 0 Å². The minimum absolute atomic E-state index is 0.137. The molecule has 0 saturated carbocycles. The molecule has 0 fully saturated rings. The van der Waals surface area contributed by atoms with Crippen molar-refractivity contribution in [2.24, 2.45) is 0 Å². The molecule has 1 atom stereocenters. The van der Waals surface area contributed by atoms with E-state index in [0.717, 1.165) is 6.42 Å². The van der Waals surface area contributed by atoms with Crippen molar-refractivity contribution in [1.29, 1.82) is 0 Å². The van der Waals surface area contributed by atoms with E-state index < -0.39 is 0 Å². The highest BCUT2D eigenvalue weighted by Crippen LogP contribution is 2.18. The van der Waals surface area contributed by atoms with Crippen LogP contribution in [0.15, 0.2) is 5.51 Å². The minimum Gasteiger partial charge on any atom is -0.349 e. The number of thiazole rings is 1. The highest BCUT2D eigenvalue weighted by atomic mass is 35.5. The third-order valence-electron chi connectivity index (χ3n) is 1.72. The third-order valence-corrected chi connectivity index (χ3v) is 2.94. The van der Waals surface area contributed by atoms with Crippen LogP contribution < -0.4 is 5.32 Å². The number of nitrogens with one attached hydrogen (secondary N) is 1. The van der Waals surface area contributed by atoms with E-state index in [1.165, 1.54) is 11.3 Å². The highest BCUT2D eigenvalue weighted by molar-refractivity contribution is 7.12. The van der Waals surface area contributed by atoms with Gasteiger partial charge in [0.05, 0.1) is 5.51 Å². The van der Waals surface area contributed by atoms with Crippen LogP contribution in [0.1, 0.15) is 29.9 Å². The standard InChI is InChI=1S/C8H11ClN2OS/c1-3-5(2)11-8(12)6-7(9)10-4-13-6/h4-5H,3H2,1-2H3,(H,11,12). The summed E-state index contributed by atoms with van der Waals surface area (Å²) >= 11 is 6.95. The van der Waals surface area contributed by atoms with Crippen LogP contribution in [0, 0.1) is 0 Å². The summed E-state index contributed by atoms with van der Waals surface area (Å²) in [7, 11) is 0. The topological polar surface area (TPSA) is 42.0 Å². The Morgan fingerprint density at radius 1 is 1.85 bits per heavy atom. The quantitative estimate of drug-likeness (QED) is 0.846. The van der Waals surface area contributed by atoms with Crippen molar-refractivity contribution in [1.82, 2.24) is 10.3 Å². The summed E-state index contributed by atoms with van der Waals surface area (Å²) in [4.78, 5) is 15.8. The Morgan fingerprint density at radius 2 is 2.54 bits per heavy atom. The Bertz CT molecular complexity index is 300. The van der Waals surface area contributed by atoms with Crippen molar-refractivity contribution in [3.05, 3.63) is 15.5 Å². The predicted molar refractivity (Wildman–Crippen MR) is 54.3 cm³/mol. The highest BCUT2D eigenvalue weighted by Gasteiger charge is 2.14. The smallest absolute Gasteiger partial charge is 0.264 e. The molecule has 0 aliphatic rings. The average molecular weight is 219 g/mol. The van der Waals surface area contributed by atoms with Gasteiger partial charge < -0.3 is 5.32 Å². The zero-order valence-electron chi connectivity index (χ0n) is 7.50. The fourth-order valence-corrected chi connectivity index (χ4v) is 1.68. The molecule has 0 spiro atoms. The number of hydrogen-bond acceptors (Lipinski definition) is 3. The van der Waals surface area contributed by atoms with Crippen molar-refractivity contribution in [3.63, 3.8) is 0 Å². The summed E-state index contributed by atoms with van der Waals surface area (Å²) < 4.78 is 0. The minimum atomic E-state index is -0.137. The summed E-state index contributed by atoms with van der Waals surface area (Å²) in [6.07, 6.45) is 0.905. The maximum absolute atomic E-state index is 11.5. The summed E-state index contributed by atoms with van der Waals surface area (Å²) in [6, 6.07) is 0.172. The van der Waals surface area contributed by atoms with Crippen LogP contribution in [0.4, 0.5) is 0 Å². The second-order valence-electron chi connectivity index (χ2n) is 2.76. The monoisotopic (exact) mass is 218 g/mol. The first-order chi connectivity index (χ1) is 6.15. The Balaban J connectivity index is 2.64. The molecule has 13 heavy (non-hydrogen) atoms. The van der Waals surface area contributed by atoms with Gasteiger partial charge in [0.25, 0.3) is 5.91 Å². The number of amides is 1. The zero-order chi connectivity index (χ0) is 9.84. The molecule has 0 bridgehead atoms. The van der Waals surface area contributed by atoms with Gasteiger partial charge in [-0.1, -0.05) is 18.5 Å². The number of rotatable bonds is 3. The van der Waals surface area contributed by atoms with Gasteiger partial charge in [0.15, 0.2) is 5.15 Å². The van der Waals surface area contributed by atoms with E-state index in [1.807, 2.05) is 13.8 Å². The van der Waals surface area contributed by atoms with E-state index in [0.29, 0.717) is 4.88 Å². The van der Waals surface area contributed by atoms with E-state index >= 15 is 0 Å². The lowest BCUT2D eigenvalue weighted by Gasteiger charge is -2.09. The van der Waals surface area contributed by atoms with Crippen LogP contribution in [-0.4, -0.2) is 16.9 Å². The molecular formula is C8H11ClN2OS. The third kappa shape index (κ3) is 2.67. The lowest BCUT2D eigenvalue weighted by molar-refractivity contribution is 0.0943. The molecule has 0 radical (unpaired) electrons. The Morgan fingerprint density at radius 3 is 3.00 bits per heavy atom. The van der Waals surface area contributed by atoms with E-state index in [-0.39, 0.29) is 17.1 Å².